The van der Waals surface area contributed by atoms with Crippen molar-refractivity contribution in [2.24, 2.45) is 7.05 Å². The number of piperidine rings is 1. The van der Waals surface area contributed by atoms with Crippen molar-refractivity contribution in [3.8, 4) is 11.5 Å². The van der Waals surface area contributed by atoms with Gasteiger partial charge < -0.3 is 29.6 Å². The molecule has 1 saturated heterocycles. The van der Waals surface area contributed by atoms with Gasteiger partial charge in [-0.2, -0.15) is 0 Å². The molecule has 1 aromatic carbocycles. The van der Waals surface area contributed by atoms with E-state index in [1.807, 2.05) is 19.1 Å². The van der Waals surface area contributed by atoms with E-state index in [-0.39, 0.29) is 23.6 Å². The van der Waals surface area contributed by atoms with Crippen LogP contribution in [0.15, 0.2) is 35.3 Å². The van der Waals surface area contributed by atoms with Crippen molar-refractivity contribution in [3.05, 3.63) is 52.0 Å². The fourth-order valence-corrected chi connectivity index (χ4v) is 4.63. The highest BCUT2D eigenvalue weighted by Crippen LogP contribution is 2.32. The minimum atomic E-state index is -0.211. The van der Waals surface area contributed by atoms with Gasteiger partial charge in [0.15, 0.2) is 5.75 Å². The van der Waals surface area contributed by atoms with Crippen LogP contribution in [0.25, 0.3) is 17.1 Å². The van der Waals surface area contributed by atoms with Gasteiger partial charge in [-0.05, 0) is 70.9 Å². The summed E-state index contributed by atoms with van der Waals surface area (Å²) < 4.78 is 13.1. The molecule has 200 valence electrons. The predicted molar refractivity (Wildman–Crippen MR) is 147 cm³/mol. The Bertz CT molecular complexity index is 1440. The molecule has 10 nitrogen and oxygen atoms in total. The topological polar surface area (TPSA) is 111 Å². The Morgan fingerprint density at radius 3 is 2.61 bits per heavy atom. The summed E-state index contributed by atoms with van der Waals surface area (Å²) in [5.41, 5.74) is 2.78. The number of aromatic nitrogens is 3. The number of amides is 1. The average Bonchev–Trinajstić information content (AvgIpc) is 3.75. The van der Waals surface area contributed by atoms with E-state index in [0.717, 1.165) is 38.8 Å². The van der Waals surface area contributed by atoms with Crippen LogP contribution in [0.4, 0.5) is 11.6 Å². The number of pyridine rings is 1. The standard InChI is InChI=1S/C28H34N6O4/c1-5-6-20-24-22(34(3)27(36)25(20)38-19-8-9-19)16-29-28(32-24)31-21-10-7-17(15-23(21)37-4)26(35)30-18-11-13-33(2)14-12-18/h5-7,10,15-16,18-19H,8-9,11-14H2,1-4H3,(H,30,35)(H,29,31,32). The van der Waals surface area contributed by atoms with Crippen molar-refractivity contribution in [1.82, 2.24) is 24.8 Å². The molecule has 5 rings (SSSR count). The summed E-state index contributed by atoms with van der Waals surface area (Å²) in [4.78, 5) is 37.3. The van der Waals surface area contributed by atoms with Crippen molar-refractivity contribution >= 4 is 34.7 Å². The first kappa shape index (κ1) is 25.7. The number of fused-ring (bicyclic) bond motifs is 1. The number of benzene rings is 1. The SMILES string of the molecule is CC=Cc1c(OC2CC2)c(=O)n(C)c2cnc(Nc3ccc(C(=O)NC4CCN(C)CC4)cc3OC)nc12. The average molecular weight is 519 g/mol. The van der Waals surface area contributed by atoms with Crippen LogP contribution in [0.3, 0.4) is 0 Å². The van der Waals surface area contributed by atoms with E-state index in [1.165, 1.54) is 4.57 Å². The second-order valence-corrected chi connectivity index (χ2v) is 9.94. The number of likely N-dealkylation sites (tertiary alicyclic amines) is 1. The lowest BCUT2D eigenvalue weighted by Crippen LogP contribution is -2.43. The summed E-state index contributed by atoms with van der Waals surface area (Å²) in [5.74, 6) is 1.02. The van der Waals surface area contributed by atoms with Crippen LogP contribution in [0.2, 0.25) is 0 Å². The molecule has 38 heavy (non-hydrogen) atoms. The molecule has 1 aliphatic carbocycles. The summed E-state index contributed by atoms with van der Waals surface area (Å²) in [6, 6.07) is 5.42. The minimum absolute atomic E-state index is 0.0722. The largest absolute Gasteiger partial charge is 0.495 e. The van der Waals surface area contributed by atoms with Gasteiger partial charge >= 0.3 is 0 Å². The summed E-state index contributed by atoms with van der Waals surface area (Å²) in [6.07, 6.45) is 9.16. The molecule has 10 heteroatoms. The predicted octanol–water partition coefficient (Wildman–Crippen LogP) is 3.48. The highest BCUT2D eigenvalue weighted by atomic mass is 16.5. The summed E-state index contributed by atoms with van der Waals surface area (Å²) in [5, 5.41) is 6.34. The highest BCUT2D eigenvalue weighted by molar-refractivity contribution is 5.95. The molecule has 0 bridgehead atoms. The number of hydrogen-bond acceptors (Lipinski definition) is 8. The number of carbonyl (C=O) groups excluding carboxylic acids is 1. The molecule has 2 aliphatic rings. The van der Waals surface area contributed by atoms with E-state index in [2.05, 4.69) is 27.6 Å². The smallest absolute Gasteiger partial charge is 0.293 e. The molecule has 1 aliphatic heterocycles. The fraction of sp³-hybridized carbons (Fsp3) is 0.429. The first-order chi connectivity index (χ1) is 18.4. The third-order valence-electron chi connectivity index (χ3n) is 7.04. The molecule has 1 saturated carbocycles. The van der Waals surface area contributed by atoms with E-state index in [9.17, 15) is 9.59 Å². The van der Waals surface area contributed by atoms with Crippen LogP contribution in [0.5, 0.6) is 11.5 Å². The van der Waals surface area contributed by atoms with Crippen molar-refractivity contribution in [3.63, 3.8) is 0 Å². The van der Waals surface area contributed by atoms with Crippen molar-refractivity contribution < 1.29 is 14.3 Å². The number of nitrogens with zero attached hydrogens (tertiary/aromatic N) is 4. The van der Waals surface area contributed by atoms with E-state index >= 15 is 0 Å². The summed E-state index contributed by atoms with van der Waals surface area (Å²) in [7, 11) is 5.34. The molecule has 0 spiro atoms. The highest BCUT2D eigenvalue weighted by Gasteiger charge is 2.28. The van der Waals surface area contributed by atoms with E-state index < -0.39 is 0 Å². The van der Waals surface area contributed by atoms with Crippen molar-refractivity contribution in [1.29, 1.82) is 0 Å². The molecule has 2 N–H and O–H groups in total. The molecular weight excluding hydrogens is 484 g/mol. The van der Waals surface area contributed by atoms with Crippen molar-refractivity contribution in [2.75, 3.05) is 32.6 Å². The van der Waals surface area contributed by atoms with Crippen LogP contribution in [-0.4, -0.2) is 64.7 Å². The quantitative estimate of drug-likeness (QED) is 0.466. The molecule has 2 aromatic heterocycles. The number of rotatable bonds is 8. The van der Waals surface area contributed by atoms with Gasteiger partial charge in [0, 0.05) is 18.7 Å². The molecule has 3 heterocycles. The first-order valence-corrected chi connectivity index (χ1v) is 13.0. The van der Waals surface area contributed by atoms with E-state index in [4.69, 9.17) is 14.5 Å². The molecule has 3 aromatic rings. The second kappa shape index (κ2) is 10.8. The van der Waals surface area contributed by atoms with Crippen LogP contribution in [0.1, 0.15) is 48.5 Å². The number of ether oxygens (including phenoxy) is 2. The zero-order valence-electron chi connectivity index (χ0n) is 22.3. The Labute approximate surface area is 221 Å². The Kier molecular flexibility index (Phi) is 7.33. The molecule has 0 atom stereocenters. The second-order valence-electron chi connectivity index (χ2n) is 9.94. The summed E-state index contributed by atoms with van der Waals surface area (Å²) >= 11 is 0. The van der Waals surface area contributed by atoms with Gasteiger partial charge in [0.2, 0.25) is 5.95 Å². The number of carbonyl (C=O) groups is 1. The van der Waals surface area contributed by atoms with Crippen LogP contribution >= 0.6 is 0 Å². The number of aryl methyl sites for hydroxylation is 1. The van der Waals surface area contributed by atoms with Gasteiger partial charge in [-0.15, -0.1) is 0 Å². The van der Waals surface area contributed by atoms with Crippen LogP contribution in [0, 0.1) is 0 Å². The maximum atomic E-state index is 13.0. The lowest BCUT2D eigenvalue weighted by molar-refractivity contribution is 0.0916. The molecule has 0 unspecified atom stereocenters. The maximum absolute atomic E-state index is 13.0. The number of anilines is 2. The Hall–Kier alpha value is -3.92. The lowest BCUT2D eigenvalue weighted by Gasteiger charge is -2.29. The summed E-state index contributed by atoms with van der Waals surface area (Å²) in [6.45, 7) is 3.84. The lowest BCUT2D eigenvalue weighted by atomic mass is 10.0. The number of hydrogen-bond donors (Lipinski definition) is 2. The molecule has 2 fully saturated rings. The fourth-order valence-electron chi connectivity index (χ4n) is 4.63. The van der Waals surface area contributed by atoms with E-state index in [1.54, 1.807) is 38.6 Å². The molecule has 1 amide bonds. The number of nitrogens with one attached hydrogen (secondary N) is 2. The molecular formula is C28H34N6O4. The third-order valence-corrected chi connectivity index (χ3v) is 7.04. The monoisotopic (exact) mass is 518 g/mol. The Morgan fingerprint density at radius 2 is 1.92 bits per heavy atom. The minimum Gasteiger partial charge on any atom is -0.495 e. The molecule has 0 radical (unpaired) electrons. The Balaban J connectivity index is 1.42. The van der Waals surface area contributed by atoms with Gasteiger partial charge in [0.1, 0.15) is 11.3 Å². The van der Waals surface area contributed by atoms with Gasteiger partial charge in [-0.3, -0.25) is 9.59 Å². The van der Waals surface area contributed by atoms with Crippen molar-refractivity contribution in [2.45, 2.75) is 44.8 Å². The van der Waals surface area contributed by atoms with Gasteiger partial charge in [-0.1, -0.05) is 12.2 Å². The van der Waals surface area contributed by atoms with Crippen LogP contribution in [-0.2, 0) is 7.05 Å². The van der Waals surface area contributed by atoms with Gasteiger partial charge in [0.25, 0.3) is 11.5 Å². The first-order valence-electron chi connectivity index (χ1n) is 13.0. The maximum Gasteiger partial charge on any atom is 0.293 e. The Morgan fingerprint density at radius 1 is 1.16 bits per heavy atom. The number of methoxy groups -OCH3 is 1. The van der Waals surface area contributed by atoms with Gasteiger partial charge in [-0.25, -0.2) is 9.97 Å². The number of allylic oxidation sites excluding steroid dienone is 1. The van der Waals surface area contributed by atoms with Gasteiger partial charge in [0.05, 0.1) is 36.2 Å². The third kappa shape index (κ3) is 5.35. The normalized spacial score (nSPS) is 16.6. The zero-order valence-corrected chi connectivity index (χ0v) is 22.3. The van der Waals surface area contributed by atoms with Crippen LogP contribution < -0.4 is 25.7 Å². The zero-order chi connectivity index (χ0) is 26.8. The van der Waals surface area contributed by atoms with E-state index in [0.29, 0.717) is 45.3 Å².